The lowest BCUT2D eigenvalue weighted by Gasteiger charge is -2.20. The molecule has 2 unspecified atom stereocenters. The number of rotatable bonds is 3. The Morgan fingerprint density at radius 3 is 2.31 bits per heavy atom. The van der Waals surface area contributed by atoms with Gasteiger partial charge in [0.2, 0.25) is 0 Å². The van der Waals surface area contributed by atoms with Crippen LogP contribution in [0, 0.1) is 13.8 Å². The van der Waals surface area contributed by atoms with Crippen LogP contribution in [0.3, 0.4) is 0 Å². The summed E-state index contributed by atoms with van der Waals surface area (Å²) >= 11 is 0. The first-order valence-corrected chi connectivity index (χ1v) is 7.13. The Bertz CT molecular complexity index is 477. The van der Waals surface area contributed by atoms with Gasteiger partial charge in [-0.3, -0.25) is 0 Å². The SMILES string of the molecule is Cc1cccc(C(O)C(C)S(C)(=O)=O)c1C. The van der Waals surface area contributed by atoms with Crippen molar-refractivity contribution in [2.24, 2.45) is 0 Å². The van der Waals surface area contributed by atoms with Crippen LogP contribution < -0.4 is 0 Å². The maximum Gasteiger partial charge on any atom is 0.152 e. The van der Waals surface area contributed by atoms with Crippen LogP contribution in [0.15, 0.2) is 18.2 Å². The highest BCUT2D eigenvalue weighted by Crippen LogP contribution is 2.25. The standard InChI is InChI=1S/C12H18O3S/c1-8-6-5-7-11(9(8)2)12(13)10(3)16(4,14)15/h5-7,10,12-13H,1-4H3. The fraction of sp³-hybridized carbons (Fsp3) is 0.500. The predicted octanol–water partition coefficient (Wildman–Crippen LogP) is 1.77. The Hall–Kier alpha value is -0.870. The normalized spacial score (nSPS) is 15.8. The Morgan fingerprint density at radius 1 is 1.25 bits per heavy atom. The lowest BCUT2D eigenvalue weighted by atomic mass is 9.98. The zero-order chi connectivity index (χ0) is 12.5. The van der Waals surface area contributed by atoms with Gasteiger partial charge in [0, 0.05) is 6.26 Å². The zero-order valence-corrected chi connectivity index (χ0v) is 10.9. The monoisotopic (exact) mass is 242 g/mol. The molecule has 0 bridgehead atoms. The average molecular weight is 242 g/mol. The van der Waals surface area contributed by atoms with Crippen molar-refractivity contribution in [1.82, 2.24) is 0 Å². The van der Waals surface area contributed by atoms with E-state index in [1.165, 1.54) is 6.92 Å². The van der Waals surface area contributed by atoms with Crippen LogP contribution in [-0.2, 0) is 9.84 Å². The number of hydrogen-bond acceptors (Lipinski definition) is 3. The summed E-state index contributed by atoms with van der Waals surface area (Å²) in [5.74, 6) is 0. The lowest BCUT2D eigenvalue weighted by molar-refractivity contribution is 0.175. The molecule has 0 aliphatic heterocycles. The molecular formula is C12H18O3S. The summed E-state index contributed by atoms with van der Waals surface area (Å²) in [5.41, 5.74) is 2.70. The van der Waals surface area contributed by atoms with Gasteiger partial charge < -0.3 is 5.11 Å². The second-order valence-electron chi connectivity index (χ2n) is 4.27. The van der Waals surface area contributed by atoms with E-state index in [0.29, 0.717) is 5.56 Å². The second kappa shape index (κ2) is 4.55. The first-order chi connectivity index (χ1) is 7.25. The van der Waals surface area contributed by atoms with Crippen LogP contribution in [0.1, 0.15) is 29.7 Å². The van der Waals surface area contributed by atoms with Crippen LogP contribution in [-0.4, -0.2) is 25.0 Å². The Morgan fingerprint density at radius 2 is 1.81 bits per heavy atom. The van der Waals surface area contributed by atoms with Crippen LogP contribution >= 0.6 is 0 Å². The Kier molecular flexibility index (Phi) is 3.76. The molecule has 1 rings (SSSR count). The molecule has 3 nitrogen and oxygen atoms in total. The zero-order valence-electron chi connectivity index (χ0n) is 10.1. The molecule has 1 aromatic rings. The lowest BCUT2D eigenvalue weighted by Crippen LogP contribution is -2.24. The molecule has 0 amide bonds. The highest BCUT2D eigenvalue weighted by atomic mass is 32.2. The number of aliphatic hydroxyl groups excluding tert-OH is 1. The molecule has 16 heavy (non-hydrogen) atoms. The van der Waals surface area contributed by atoms with Gasteiger partial charge >= 0.3 is 0 Å². The van der Waals surface area contributed by atoms with E-state index in [1.54, 1.807) is 6.07 Å². The fourth-order valence-electron chi connectivity index (χ4n) is 1.58. The quantitative estimate of drug-likeness (QED) is 0.879. The van der Waals surface area contributed by atoms with E-state index in [9.17, 15) is 13.5 Å². The Balaban J connectivity index is 3.15. The minimum Gasteiger partial charge on any atom is -0.387 e. The highest BCUT2D eigenvalue weighted by Gasteiger charge is 2.26. The summed E-state index contributed by atoms with van der Waals surface area (Å²) in [6.45, 7) is 5.36. The number of benzene rings is 1. The van der Waals surface area contributed by atoms with Crippen molar-refractivity contribution in [3.05, 3.63) is 34.9 Å². The summed E-state index contributed by atoms with van der Waals surface area (Å²) in [6.07, 6.45) is 0.182. The summed E-state index contributed by atoms with van der Waals surface area (Å²) < 4.78 is 22.8. The third kappa shape index (κ3) is 2.62. The van der Waals surface area contributed by atoms with Crippen molar-refractivity contribution in [2.45, 2.75) is 32.1 Å². The molecule has 0 saturated carbocycles. The third-order valence-electron chi connectivity index (χ3n) is 3.09. The average Bonchev–Trinajstić information content (AvgIpc) is 2.18. The van der Waals surface area contributed by atoms with E-state index in [0.717, 1.165) is 17.4 Å². The van der Waals surface area contributed by atoms with Crippen LogP contribution in [0.5, 0.6) is 0 Å². The first kappa shape index (κ1) is 13.2. The summed E-state index contributed by atoms with van der Waals surface area (Å²) in [6, 6.07) is 5.54. The van der Waals surface area contributed by atoms with E-state index >= 15 is 0 Å². The van der Waals surface area contributed by atoms with Gasteiger partial charge in [0.05, 0.1) is 11.4 Å². The minimum atomic E-state index is -3.23. The number of aliphatic hydroxyl groups is 1. The minimum absolute atomic E-state index is 0.693. The maximum absolute atomic E-state index is 11.4. The van der Waals surface area contributed by atoms with Crippen LogP contribution in [0.4, 0.5) is 0 Å². The maximum atomic E-state index is 11.4. The number of sulfone groups is 1. The number of hydrogen-bond donors (Lipinski definition) is 1. The van der Waals surface area contributed by atoms with Crippen molar-refractivity contribution in [1.29, 1.82) is 0 Å². The van der Waals surface area contributed by atoms with Crippen LogP contribution in [0.25, 0.3) is 0 Å². The molecule has 0 radical (unpaired) electrons. The van der Waals surface area contributed by atoms with Gasteiger partial charge in [-0.2, -0.15) is 0 Å². The van der Waals surface area contributed by atoms with Gasteiger partial charge in [0.15, 0.2) is 9.84 Å². The predicted molar refractivity (Wildman–Crippen MR) is 65.2 cm³/mol. The van der Waals surface area contributed by atoms with Crippen molar-refractivity contribution in [2.75, 3.05) is 6.26 Å². The van der Waals surface area contributed by atoms with Gasteiger partial charge in [-0.05, 0) is 37.5 Å². The summed E-state index contributed by atoms with van der Waals surface area (Å²) in [4.78, 5) is 0. The van der Waals surface area contributed by atoms with Gasteiger partial charge in [-0.25, -0.2) is 8.42 Å². The summed E-state index contributed by atoms with van der Waals surface area (Å²) in [5, 5.41) is 9.27. The van der Waals surface area contributed by atoms with Crippen LogP contribution in [0.2, 0.25) is 0 Å². The molecule has 0 aliphatic carbocycles. The van der Waals surface area contributed by atoms with E-state index < -0.39 is 21.2 Å². The molecule has 0 aromatic heterocycles. The van der Waals surface area contributed by atoms with E-state index in [2.05, 4.69) is 0 Å². The largest absolute Gasteiger partial charge is 0.387 e. The molecule has 90 valence electrons. The molecule has 0 heterocycles. The molecular weight excluding hydrogens is 224 g/mol. The molecule has 2 atom stereocenters. The van der Waals surface area contributed by atoms with Crippen molar-refractivity contribution >= 4 is 9.84 Å². The third-order valence-corrected chi connectivity index (χ3v) is 4.69. The van der Waals surface area contributed by atoms with E-state index in [4.69, 9.17) is 0 Å². The van der Waals surface area contributed by atoms with Gasteiger partial charge in [-0.15, -0.1) is 0 Å². The molecule has 1 N–H and O–H groups in total. The molecule has 0 spiro atoms. The first-order valence-electron chi connectivity index (χ1n) is 5.18. The molecule has 1 aromatic carbocycles. The topological polar surface area (TPSA) is 54.4 Å². The van der Waals surface area contributed by atoms with Gasteiger partial charge in [0.1, 0.15) is 0 Å². The number of aryl methyl sites for hydroxylation is 1. The smallest absolute Gasteiger partial charge is 0.152 e. The second-order valence-corrected chi connectivity index (χ2v) is 6.67. The van der Waals surface area contributed by atoms with Crippen molar-refractivity contribution in [3.63, 3.8) is 0 Å². The summed E-state index contributed by atoms with van der Waals surface area (Å²) in [7, 11) is -3.23. The van der Waals surface area contributed by atoms with Crippen molar-refractivity contribution in [3.8, 4) is 0 Å². The van der Waals surface area contributed by atoms with Gasteiger partial charge in [0.25, 0.3) is 0 Å². The Labute approximate surface area is 97.0 Å². The molecule has 0 aliphatic rings. The molecule has 0 fully saturated rings. The fourth-order valence-corrected chi connectivity index (χ4v) is 2.20. The van der Waals surface area contributed by atoms with E-state index in [-0.39, 0.29) is 0 Å². The highest BCUT2D eigenvalue weighted by molar-refractivity contribution is 7.91. The van der Waals surface area contributed by atoms with Gasteiger partial charge in [-0.1, -0.05) is 18.2 Å². The molecule has 0 saturated heterocycles. The van der Waals surface area contributed by atoms with Crippen molar-refractivity contribution < 1.29 is 13.5 Å². The van der Waals surface area contributed by atoms with E-state index in [1.807, 2.05) is 26.0 Å². The molecule has 4 heteroatoms.